The highest BCUT2D eigenvalue weighted by molar-refractivity contribution is 7.99. The van der Waals surface area contributed by atoms with Gasteiger partial charge in [-0.05, 0) is 60.4 Å². The molecule has 0 amide bonds. The Hall–Kier alpha value is -0.580. The molecule has 1 aliphatic rings. The summed E-state index contributed by atoms with van der Waals surface area (Å²) < 4.78 is 13.2. The summed E-state index contributed by atoms with van der Waals surface area (Å²) >= 11 is 1.97. The molecule has 1 heterocycles. The molecule has 3 N–H and O–H groups in total. The van der Waals surface area contributed by atoms with Crippen molar-refractivity contribution in [2.45, 2.75) is 25.8 Å². The summed E-state index contributed by atoms with van der Waals surface area (Å²) in [5.74, 6) is 8.44. The second kappa shape index (κ2) is 5.85. The Morgan fingerprint density at radius 3 is 3.06 bits per heavy atom. The van der Waals surface area contributed by atoms with E-state index in [1.54, 1.807) is 6.07 Å². The fraction of sp³-hybridized carbons (Fsp3) is 0.538. The Kier molecular flexibility index (Phi) is 4.42. The van der Waals surface area contributed by atoms with Gasteiger partial charge in [0, 0.05) is 6.04 Å². The summed E-state index contributed by atoms with van der Waals surface area (Å²) in [5.41, 5.74) is 5.10. The van der Waals surface area contributed by atoms with E-state index in [4.69, 9.17) is 5.84 Å². The smallest absolute Gasteiger partial charge is 0.123 e. The summed E-state index contributed by atoms with van der Waals surface area (Å²) in [6.07, 6.45) is 2.01. The fourth-order valence-electron chi connectivity index (χ4n) is 2.33. The van der Waals surface area contributed by atoms with Crippen LogP contribution in [0.5, 0.6) is 0 Å². The lowest BCUT2D eigenvalue weighted by atomic mass is 9.92. The lowest BCUT2D eigenvalue weighted by Gasteiger charge is -2.22. The van der Waals surface area contributed by atoms with Gasteiger partial charge in [0.2, 0.25) is 0 Å². The molecule has 1 aromatic rings. The lowest BCUT2D eigenvalue weighted by molar-refractivity contribution is 0.385. The first-order chi connectivity index (χ1) is 8.20. The van der Waals surface area contributed by atoms with Crippen LogP contribution in [0.4, 0.5) is 4.39 Å². The number of nitrogens with two attached hydrogens (primary N) is 1. The molecule has 1 saturated heterocycles. The van der Waals surface area contributed by atoms with E-state index in [2.05, 4.69) is 5.43 Å². The Labute approximate surface area is 106 Å². The van der Waals surface area contributed by atoms with Crippen LogP contribution in [-0.4, -0.2) is 17.5 Å². The minimum atomic E-state index is -0.165. The van der Waals surface area contributed by atoms with Crippen molar-refractivity contribution in [3.8, 4) is 0 Å². The molecule has 1 fully saturated rings. The van der Waals surface area contributed by atoms with E-state index in [0.717, 1.165) is 23.3 Å². The molecule has 94 valence electrons. The van der Waals surface area contributed by atoms with Gasteiger partial charge < -0.3 is 0 Å². The predicted octanol–water partition coefficient (Wildman–Crippen LogP) is 2.26. The molecule has 0 aromatic heterocycles. The van der Waals surface area contributed by atoms with Crippen molar-refractivity contribution in [3.63, 3.8) is 0 Å². The van der Waals surface area contributed by atoms with Crippen LogP contribution < -0.4 is 11.3 Å². The van der Waals surface area contributed by atoms with E-state index < -0.39 is 0 Å². The Balaban J connectivity index is 2.09. The molecular weight excluding hydrogens is 235 g/mol. The number of hydrogen-bond acceptors (Lipinski definition) is 3. The maximum Gasteiger partial charge on any atom is 0.123 e. The van der Waals surface area contributed by atoms with Gasteiger partial charge in [-0.25, -0.2) is 4.39 Å². The fourth-order valence-corrected chi connectivity index (χ4v) is 3.67. The third-order valence-corrected chi connectivity index (χ3v) is 4.69. The van der Waals surface area contributed by atoms with Crippen LogP contribution in [0.2, 0.25) is 0 Å². The molecule has 4 heteroatoms. The lowest BCUT2D eigenvalue weighted by Crippen LogP contribution is -2.42. The molecular formula is C13H19FN2S. The normalized spacial score (nSPS) is 21.7. The summed E-state index contributed by atoms with van der Waals surface area (Å²) in [5, 5.41) is 0. The van der Waals surface area contributed by atoms with Crippen molar-refractivity contribution >= 4 is 11.8 Å². The quantitative estimate of drug-likeness (QED) is 0.639. The number of rotatable bonds is 4. The first kappa shape index (κ1) is 12.9. The standard InChI is InChI=1S/C13H19FN2S/c1-9-2-3-12(14)6-11(9)7-13(16-15)10-4-5-17-8-10/h2-3,6,10,13,16H,4-5,7-8,15H2,1H3. The van der Waals surface area contributed by atoms with Crippen molar-refractivity contribution in [2.24, 2.45) is 11.8 Å². The van der Waals surface area contributed by atoms with Crippen LogP contribution in [0, 0.1) is 18.7 Å². The van der Waals surface area contributed by atoms with Gasteiger partial charge in [0.1, 0.15) is 5.82 Å². The van der Waals surface area contributed by atoms with Crippen LogP contribution in [0.15, 0.2) is 18.2 Å². The maximum absolute atomic E-state index is 13.2. The zero-order chi connectivity index (χ0) is 12.3. The van der Waals surface area contributed by atoms with Crippen molar-refractivity contribution in [2.75, 3.05) is 11.5 Å². The largest absolute Gasteiger partial charge is 0.271 e. The van der Waals surface area contributed by atoms with Gasteiger partial charge in [-0.1, -0.05) is 6.07 Å². The number of benzene rings is 1. The van der Waals surface area contributed by atoms with Gasteiger partial charge in [-0.15, -0.1) is 0 Å². The molecule has 0 saturated carbocycles. The summed E-state index contributed by atoms with van der Waals surface area (Å²) in [4.78, 5) is 0. The molecule has 0 bridgehead atoms. The molecule has 0 radical (unpaired) electrons. The average Bonchev–Trinajstić information content (AvgIpc) is 2.84. The minimum absolute atomic E-state index is 0.165. The van der Waals surface area contributed by atoms with Gasteiger partial charge in [0.15, 0.2) is 0 Å². The maximum atomic E-state index is 13.2. The van der Waals surface area contributed by atoms with Crippen LogP contribution in [0.3, 0.4) is 0 Å². The van der Waals surface area contributed by atoms with Crippen LogP contribution in [-0.2, 0) is 6.42 Å². The van der Waals surface area contributed by atoms with Gasteiger partial charge in [0.25, 0.3) is 0 Å². The monoisotopic (exact) mass is 254 g/mol. The van der Waals surface area contributed by atoms with Crippen LogP contribution in [0.25, 0.3) is 0 Å². The van der Waals surface area contributed by atoms with Gasteiger partial charge >= 0.3 is 0 Å². The van der Waals surface area contributed by atoms with Crippen LogP contribution in [0.1, 0.15) is 17.5 Å². The Morgan fingerprint density at radius 2 is 2.41 bits per heavy atom. The molecule has 0 aliphatic carbocycles. The van der Waals surface area contributed by atoms with Crippen molar-refractivity contribution < 1.29 is 4.39 Å². The van der Waals surface area contributed by atoms with Crippen molar-refractivity contribution in [3.05, 3.63) is 35.1 Å². The summed E-state index contributed by atoms with van der Waals surface area (Å²) in [6, 6.07) is 5.23. The zero-order valence-electron chi connectivity index (χ0n) is 10.1. The summed E-state index contributed by atoms with van der Waals surface area (Å²) in [7, 11) is 0. The Morgan fingerprint density at radius 1 is 1.59 bits per heavy atom. The Bertz CT molecular complexity index is 378. The van der Waals surface area contributed by atoms with Gasteiger partial charge in [-0.2, -0.15) is 11.8 Å². The summed E-state index contributed by atoms with van der Waals surface area (Å²) in [6.45, 7) is 2.02. The molecule has 2 rings (SSSR count). The second-order valence-electron chi connectivity index (χ2n) is 4.67. The zero-order valence-corrected chi connectivity index (χ0v) is 10.9. The number of halogens is 1. The van der Waals surface area contributed by atoms with E-state index in [1.807, 2.05) is 24.8 Å². The van der Waals surface area contributed by atoms with E-state index in [-0.39, 0.29) is 11.9 Å². The van der Waals surface area contributed by atoms with E-state index >= 15 is 0 Å². The van der Waals surface area contributed by atoms with E-state index in [1.165, 1.54) is 18.2 Å². The molecule has 0 spiro atoms. The van der Waals surface area contributed by atoms with Crippen molar-refractivity contribution in [1.29, 1.82) is 0 Å². The predicted molar refractivity (Wildman–Crippen MR) is 71.4 cm³/mol. The first-order valence-corrected chi connectivity index (χ1v) is 7.15. The van der Waals surface area contributed by atoms with Gasteiger partial charge in [0.05, 0.1) is 0 Å². The minimum Gasteiger partial charge on any atom is -0.271 e. The topological polar surface area (TPSA) is 38.0 Å². The van der Waals surface area contributed by atoms with E-state index in [9.17, 15) is 4.39 Å². The molecule has 2 nitrogen and oxygen atoms in total. The SMILES string of the molecule is Cc1ccc(F)cc1CC(NN)C1CCSC1. The number of hydrazine groups is 1. The molecule has 1 aromatic carbocycles. The number of hydrogen-bond donors (Lipinski definition) is 2. The highest BCUT2D eigenvalue weighted by Gasteiger charge is 2.25. The molecule has 1 aliphatic heterocycles. The molecule has 2 atom stereocenters. The second-order valence-corrected chi connectivity index (χ2v) is 5.82. The molecule has 17 heavy (non-hydrogen) atoms. The van der Waals surface area contributed by atoms with Crippen molar-refractivity contribution in [1.82, 2.24) is 5.43 Å². The number of aryl methyl sites for hydroxylation is 1. The average molecular weight is 254 g/mol. The number of thioether (sulfide) groups is 1. The highest BCUT2D eigenvalue weighted by atomic mass is 32.2. The number of nitrogens with one attached hydrogen (secondary N) is 1. The first-order valence-electron chi connectivity index (χ1n) is 5.99. The third kappa shape index (κ3) is 3.21. The van der Waals surface area contributed by atoms with E-state index in [0.29, 0.717) is 5.92 Å². The third-order valence-electron chi connectivity index (χ3n) is 3.50. The highest BCUT2D eigenvalue weighted by Crippen LogP contribution is 2.28. The van der Waals surface area contributed by atoms with Gasteiger partial charge in [-0.3, -0.25) is 11.3 Å². The van der Waals surface area contributed by atoms with Crippen LogP contribution >= 0.6 is 11.8 Å². The molecule has 2 unspecified atom stereocenters.